The van der Waals surface area contributed by atoms with E-state index in [2.05, 4.69) is 10.6 Å². The minimum Gasteiger partial charge on any atom is -0.481 e. The standard InChI is InChI=1S/C13H21F3N2O3/c14-13(15,16)6-3-7-17-12(21)18-8-9-4-1-2-5-10(9)11(19)20/h9-10H,1-8H2,(H,19,20)(H2,17,18,21). The number of halogens is 3. The fraction of sp³-hybridized carbons (Fsp3) is 0.846. The summed E-state index contributed by atoms with van der Waals surface area (Å²) in [7, 11) is 0. The number of rotatable bonds is 6. The maximum Gasteiger partial charge on any atom is 0.389 e. The summed E-state index contributed by atoms with van der Waals surface area (Å²) in [5.41, 5.74) is 0. The molecule has 2 amide bonds. The van der Waals surface area contributed by atoms with Gasteiger partial charge in [0, 0.05) is 19.5 Å². The van der Waals surface area contributed by atoms with E-state index in [-0.39, 0.29) is 25.4 Å². The number of carboxylic acids is 1. The fourth-order valence-corrected chi connectivity index (χ4v) is 2.55. The van der Waals surface area contributed by atoms with Crippen molar-refractivity contribution in [1.82, 2.24) is 10.6 Å². The Morgan fingerprint density at radius 3 is 2.43 bits per heavy atom. The SMILES string of the molecule is O=C(NCCCC(F)(F)F)NCC1CCCCC1C(=O)O. The van der Waals surface area contributed by atoms with Crippen molar-refractivity contribution in [3.8, 4) is 0 Å². The Balaban J connectivity index is 2.21. The molecule has 21 heavy (non-hydrogen) atoms. The van der Waals surface area contributed by atoms with Gasteiger partial charge < -0.3 is 15.7 Å². The van der Waals surface area contributed by atoms with Gasteiger partial charge >= 0.3 is 18.2 Å². The van der Waals surface area contributed by atoms with Gasteiger partial charge in [0.2, 0.25) is 0 Å². The number of amides is 2. The molecule has 0 aliphatic heterocycles. The normalized spacial score (nSPS) is 22.6. The predicted octanol–water partition coefficient (Wildman–Crippen LogP) is 2.52. The fourth-order valence-electron chi connectivity index (χ4n) is 2.55. The Labute approximate surface area is 121 Å². The van der Waals surface area contributed by atoms with Crippen molar-refractivity contribution in [2.45, 2.75) is 44.7 Å². The van der Waals surface area contributed by atoms with Crippen LogP contribution in [0, 0.1) is 11.8 Å². The quantitative estimate of drug-likeness (QED) is 0.660. The van der Waals surface area contributed by atoms with Gasteiger partial charge in [-0.15, -0.1) is 0 Å². The lowest BCUT2D eigenvalue weighted by Crippen LogP contribution is -2.42. The highest BCUT2D eigenvalue weighted by molar-refractivity contribution is 5.74. The molecule has 0 bridgehead atoms. The lowest BCUT2D eigenvalue weighted by Gasteiger charge is -2.28. The topological polar surface area (TPSA) is 78.4 Å². The highest BCUT2D eigenvalue weighted by atomic mass is 19.4. The van der Waals surface area contributed by atoms with Crippen molar-refractivity contribution >= 4 is 12.0 Å². The zero-order chi connectivity index (χ0) is 15.9. The number of alkyl halides is 3. The minimum absolute atomic E-state index is 0.0572. The van der Waals surface area contributed by atoms with Crippen LogP contribution >= 0.6 is 0 Å². The number of carbonyl (C=O) groups excluding carboxylic acids is 1. The van der Waals surface area contributed by atoms with Crippen LogP contribution in [0.15, 0.2) is 0 Å². The van der Waals surface area contributed by atoms with Crippen LogP contribution in [0.25, 0.3) is 0 Å². The van der Waals surface area contributed by atoms with E-state index >= 15 is 0 Å². The second-order valence-electron chi connectivity index (χ2n) is 5.34. The molecule has 1 rings (SSSR count). The first kappa shape index (κ1) is 17.6. The molecule has 3 N–H and O–H groups in total. The summed E-state index contributed by atoms with van der Waals surface area (Å²) >= 11 is 0. The number of hydrogen-bond acceptors (Lipinski definition) is 2. The highest BCUT2D eigenvalue weighted by Crippen LogP contribution is 2.29. The summed E-state index contributed by atoms with van der Waals surface area (Å²) in [5.74, 6) is -1.42. The van der Waals surface area contributed by atoms with Gasteiger partial charge in [0.15, 0.2) is 0 Å². The molecule has 0 radical (unpaired) electrons. The summed E-state index contributed by atoms with van der Waals surface area (Å²) in [6, 6.07) is -0.549. The monoisotopic (exact) mass is 310 g/mol. The van der Waals surface area contributed by atoms with Gasteiger partial charge in [-0.1, -0.05) is 12.8 Å². The number of aliphatic carboxylic acids is 1. The molecule has 1 saturated carbocycles. The minimum atomic E-state index is -4.21. The summed E-state index contributed by atoms with van der Waals surface area (Å²) in [4.78, 5) is 22.5. The van der Waals surface area contributed by atoms with Crippen LogP contribution in [0.5, 0.6) is 0 Å². The zero-order valence-electron chi connectivity index (χ0n) is 11.7. The molecule has 0 heterocycles. The Kier molecular flexibility index (Phi) is 6.77. The van der Waals surface area contributed by atoms with Gasteiger partial charge in [-0.05, 0) is 25.2 Å². The van der Waals surface area contributed by atoms with Crippen molar-refractivity contribution in [3.63, 3.8) is 0 Å². The van der Waals surface area contributed by atoms with Crippen molar-refractivity contribution < 1.29 is 27.9 Å². The van der Waals surface area contributed by atoms with Gasteiger partial charge in [-0.2, -0.15) is 13.2 Å². The van der Waals surface area contributed by atoms with Crippen molar-refractivity contribution in [2.24, 2.45) is 11.8 Å². The Bertz CT molecular complexity index is 361. The van der Waals surface area contributed by atoms with E-state index in [1.807, 2.05) is 0 Å². The number of carbonyl (C=O) groups is 2. The summed E-state index contributed by atoms with van der Waals surface area (Å²) in [5, 5.41) is 14.0. The lowest BCUT2D eigenvalue weighted by molar-refractivity contribution is -0.144. The molecule has 122 valence electrons. The summed E-state index contributed by atoms with van der Waals surface area (Å²) < 4.78 is 35.7. The van der Waals surface area contributed by atoms with Crippen molar-refractivity contribution in [1.29, 1.82) is 0 Å². The third kappa shape index (κ3) is 7.19. The van der Waals surface area contributed by atoms with Crippen molar-refractivity contribution in [2.75, 3.05) is 13.1 Å². The molecule has 0 aromatic heterocycles. The first-order chi connectivity index (χ1) is 9.79. The van der Waals surface area contributed by atoms with E-state index in [1.54, 1.807) is 0 Å². The van der Waals surface area contributed by atoms with Gasteiger partial charge in [0.1, 0.15) is 0 Å². The van der Waals surface area contributed by atoms with Crippen LogP contribution in [0.1, 0.15) is 38.5 Å². The molecule has 8 heteroatoms. The maximum atomic E-state index is 11.9. The number of nitrogens with one attached hydrogen (secondary N) is 2. The Morgan fingerprint density at radius 2 is 1.81 bits per heavy atom. The van der Waals surface area contributed by atoms with E-state index in [0.717, 1.165) is 19.3 Å². The molecular weight excluding hydrogens is 289 g/mol. The molecule has 1 aliphatic carbocycles. The lowest BCUT2D eigenvalue weighted by atomic mass is 9.79. The molecule has 0 aromatic rings. The first-order valence-corrected chi connectivity index (χ1v) is 7.11. The average molecular weight is 310 g/mol. The van der Waals surface area contributed by atoms with E-state index in [0.29, 0.717) is 6.42 Å². The van der Waals surface area contributed by atoms with Crippen LogP contribution in [-0.2, 0) is 4.79 Å². The molecule has 5 nitrogen and oxygen atoms in total. The number of hydrogen-bond donors (Lipinski definition) is 3. The predicted molar refractivity (Wildman–Crippen MR) is 69.8 cm³/mol. The molecule has 1 aliphatic rings. The van der Waals surface area contributed by atoms with Gasteiger partial charge in [0.05, 0.1) is 5.92 Å². The Morgan fingerprint density at radius 1 is 1.14 bits per heavy atom. The van der Waals surface area contributed by atoms with E-state index < -0.39 is 30.5 Å². The Hall–Kier alpha value is -1.47. The first-order valence-electron chi connectivity index (χ1n) is 7.11. The third-order valence-electron chi connectivity index (χ3n) is 3.67. The van der Waals surface area contributed by atoms with E-state index in [9.17, 15) is 22.8 Å². The molecule has 2 atom stereocenters. The van der Waals surface area contributed by atoms with Crippen LogP contribution in [-0.4, -0.2) is 36.4 Å². The molecule has 1 fully saturated rings. The molecule has 2 unspecified atom stereocenters. The second-order valence-corrected chi connectivity index (χ2v) is 5.34. The van der Waals surface area contributed by atoms with Crippen molar-refractivity contribution in [3.05, 3.63) is 0 Å². The average Bonchev–Trinajstić information content (AvgIpc) is 2.40. The van der Waals surface area contributed by atoms with Crippen LogP contribution < -0.4 is 10.6 Å². The third-order valence-corrected chi connectivity index (χ3v) is 3.67. The molecular formula is C13H21F3N2O3. The van der Waals surface area contributed by atoms with Gasteiger partial charge in [-0.3, -0.25) is 4.79 Å². The summed E-state index contributed by atoms with van der Waals surface area (Å²) in [6.07, 6.45) is -2.16. The van der Waals surface area contributed by atoms with Crippen LogP contribution in [0.3, 0.4) is 0 Å². The summed E-state index contributed by atoms with van der Waals surface area (Å²) in [6.45, 7) is 0.181. The smallest absolute Gasteiger partial charge is 0.389 e. The van der Waals surface area contributed by atoms with Gasteiger partial charge in [-0.25, -0.2) is 4.79 Å². The molecule has 0 spiro atoms. The van der Waals surface area contributed by atoms with E-state index in [1.165, 1.54) is 0 Å². The highest BCUT2D eigenvalue weighted by Gasteiger charge is 2.30. The maximum absolute atomic E-state index is 11.9. The number of urea groups is 1. The molecule has 0 aromatic carbocycles. The van der Waals surface area contributed by atoms with E-state index in [4.69, 9.17) is 5.11 Å². The van der Waals surface area contributed by atoms with Crippen LogP contribution in [0.2, 0.25) is 0 Å². The van der Waals surface area contributed by atoms with Gasteiger partial charge in [0.25, 0.3) is 0 Å². The zero-order valence-corrected chi connectivity index (χ0v) is 11.7. The van der Waals surface area contributed by atoms with Crippen LogP contribution in [0.4, 0.5) is 18.0 Å². The largest absolute Gasteiger partial charge is 0.481 e. The molecule has 0 saturated heterocycles. The number of carboxylic acid groups (broad SMARTS) is 1. The second kappa shape index (κ2) is 8.09.